The van der Waals surface area contributed by atoms with Crippen molar-refractivity contribution in [2.24, 2.45) is 11.7 Å². The molecule has 0 aromatic carbocycles. The Bertz CT molecular complexity index is 685. The van der Waals surface area contributed by atoms with Gasteiger partial charge in [0.25, 0.3) is 5.56 Å². The third kappa shape index (κ3) is 2.87. The van der Waals surface area contributed by atoms with Gasteiger partial charge in [0.2, 0.25) is 15.9 Å². The van der Waals surface area contributed by atoms with Gasteiger partial charge in [0.1, 0.15) is 5.02 Å². The number of H-pyrrole nitrogens is 1. The van der Waals surface area contributed by atoms with Gasteiger partial charge in [0.05, 0.1) is 10.8 Å². The van der Waals surface area contributed by atoms with E-state index in [1.807, 2.05) is 0 Å². The lowest BCUT2D eigenvalue weighted by atomic mass is 9.99. The Morgan fingerprint density at radius 2 is 2.20 bits per heavy atom. The lowest BCUT2D eigenvalue weighted by molar-refractivity contribution is -0.122. The van der Waals surface area contributed by atoms with Gasteiger partial charge in [-0.25, -0.2) is 8.42 Å². The molecule has 1 amide bonds. The van der Waals surface area contributed by atoms with Crippen molar-refractivity contribution in [2.45, 2.75) is 17.7 Å². The summed E-state index contributed by atoms with van der Waals surface area (Å²) in [5.74, 6) is -0.999. The molecule has 0 saturated carbocycles. The molecule has 1 aliphatic rings. The number of rotatable bonds is 3. The average molecular weight is 320 g/mol. The first-order chi connectivity index (χ1) is 9.32. The van der Waals surface area contributed by atoms with Gasteiger partial charge in [-0.05, 0) is 18.9 Å². The molecule has 20 heavy (non-hydrogen) atoms. The molecule has 9 heteroatoms. The van der Waals surface area contributed by atoms with E-state index in [1.165, 1.54) is 4.31 Å². The summed E-state index contributed by atoms with van der Waals surface area (Å²) in [6.07, 6.45) is 2.23. The van der Waals surface area contributed by atoms with E-state index in [2.05, 4.69) is 4.98 Å². The quantitative estimate of drug-likeness (QED) is 0.810. The highest BCUT2D eigenvalue weighted by atomic mass is 35.5. The van der Waals surface area contributed by atoms with Crippen LogP contribution < -0.4 is 11.3 Å². The van der Waals surface area contributed by atoms with Crippen LogP contribution in [0, 0.1) is 5.92 Å². The van der Waals surface area contributed by atoms with Crippen molar-refractivity contribution in [1.82, 2.24) is 9.29 Å². The second-order valence-corrected chi connectivity index (χ2v) is 6.96. The molecule has 0 spiro atoms. The first kappa shape index (κ1) is 15.0. The van der Waals surface area contributed by atoms with Gasteiger partial charge in [-0.3, -0.25) is 9.59 Å². The normalized spacial score (nSPS) is 20.8. The number of hydrogen-bond acceptors (Lipinski definition) is 4. The molecule has 2 heterocycles. The monoisotopic (exact) mass is 319 g/mol. The van der Waals surface area contributed by atoms with Gasteiger partial charge in [-0.15, -0.1) is 0 Å². The number of nitrogens with one attached hydrogen (secondary N) is 1. The van der Waals surface area contributed by atoms with Crippen molar-refractivity contribution in [2.75, 3.05) is 13.1 Å². The molecule has 1 fully saturated rings. The summed E-state index contributed by atoms with van der Waals surface area (Å²) in [4.78, 5) is 24.5. The van der Waals surface area contributed by atoms with Crippen LogP contribution >= 0.6 is 11.6 Å². The highest BCUT2D eigenvalue weighted by Gasteiger charge is 2.32. The van der Waals surface area contributed by atoms with Crippen molar-refractivity contribution >= 4 is 27.5 Å². The lowest BCUT2D eigenvalue weighted by Gasteiger charge is -2.30. The van der Waals surface area contributed by atoms with Crippen molar-refractivity contribution in [3.05, 3.63) is 27.6 Å². The lowest BCUT2D eigenvalue weighted by Crippen LogP contribution is -2.44. The third-order valence-electron chi connectivity index (χ3n) is 3.26. The van der Waals surface area contributed by atoms with Gasteiger partial charge in [0.15, 0.2) is 0 Å². The summed E-state index contributed by atoms with van der Waals surface area (Å²) in [6.45, 7) is 0.358. The number of halogens is 1. The Labute approximate surface area is 120 Å². The maximum atomic E-state index is 12.4. The van der Waals surface area contributed by atoms with Crippen molar-refractivity contribution < 1.29 is 13.2 Å². The second-order valence-electron chi connectivity index (χ2n) is 4.62. The van der Waals surface area contributed by atoms with Crippen LogP contribution in [-0.4, -0.2) is 36.7 Å². The number of carbonyl (C=O) groups is 1. The first-order valence-corrected chi connectivity index (χ1v) is 7.82. The Hall–Kier alpha value is -1.38. The molecule has 1 atom stereocenters. The zero-order chi connectivity index (χ0) is 14.9. The van der Waals surface area contributed by atoms with Crippen LogP contribution in [0.3, 0.4) is 0 Å². The largest absolute Gasteiger partial charge is 0.369 e. The fourth-order valence-electron chi connectivity index (χ4n) is 2.13. The molecule has 1 saturated heterocycles. The predicted octanol–water partition coefficient (Wildman–Crippen LogP) is -0.0857. The second kappa shape index (κ2) is 5.55. The van der Waals surface area contributed by atoms with Crippen LogP contribution in [0.4, 0.5) is 0 Å². The maximum Gasteiger partial charge on any atom is 0.266 e. The number of hydrogen-bond donors (Lipinski definition) is 2. The molecule has 0 aliphatic carbocycles. The molecule has 1 aromatic heterocycles. The summed E-state index contributed by atoms with van der Waals surface area (Å²) in [5, 5.41) is -0.200. The van der Waals surface area contributed by atoms with Gasteiger partial charge < -0.3 is 10.7 Å². The summed E-state index contributed by atoms with van der Waals surface area (Å²) in [7, 11) is -3.80. The van der Waals surface area contributed by atoms with E-state index < -0.39 is 27.4 Å². The van der Waals surface area contributed by atoms with E-state index in [9.17, 15) is 18.0 Å². The molecule has 1 aliphatic heterocycles. The molecular weight excluding hydrogens is 306 g/mol. The number of aromatic amines is 1. The molecular formula is C11H14ClN3O4S. The average Bonchev–Trinajstić information content (AvgIpc) is 2.42. The van der Waals surface area contributed by atoms with Crippen LogP contribution in [0.5, 0.6) is 0 Å². The zero-order valence-corrected chi connectivity index (χ0v) is 12.1. The highest BCUT2D eigenvalue weighted by Crippen LogP contribution is 2.23. The molecule has 3 N–H and O–H groups in total. The summed E-state index contributed by atoms with van der Waals surface area (Å²) >= 11 is 5.64. The van der Waals surface area contributed by atoms with Crippen LogP contribution in [0.15, 0.2) is 22.0 Å². The Kier molecular flexibility index (Phi) is 4.17. The van der Waals surface area contributed by atoms with Crippen LogP contribution in [0.2, 0.25) is 5.02 Å². The molecule has 1 unspecified atom stereocenters. The number of nitrogens with two attached hydrogens (primary N) is 1. The number of amides is 1. The minimum absolute atomic E-state index is 0.0500. The minimum Gasteiger partial charge on any atom is -0.369 e. The van der Waals surface area contributed by atoms with E-state index in [0.29, 0.717) is 19.4 Å². The van der Waals surface area contributed by atoms with Crippen molar-refractivity contribution in [1.29, 1.82) is 0 Å². The smallest absolute Gasteiger partial charge is 0.266 e. The Balaban J connectivity index is 2.32. The zero-order valence-electron chi connectivity index (χ0n) is 10.5. The third-order valence-corrected chi connectivity index (χ3v) is 5.38. The van der Waals surface area contributed by atoms with Crippen LogP contribution in [-0.2, 0) is 14.8 Å². The van der Waals surface area contributed by atoms with Crippen molar-refractivity contribution in [3.8, 4) is 0 Å². The number of aromatic nitrogens is 1. The van der Waals surface area contributed by atoms with E-state index in [0.717, 1.165) is 12.3 Å². The topological polar surface area (TPSA) is 113 Å². The van der Waals surface area contributed by atoms with Crippen LogP contribution in [0.1, 0.15) is 12.8 Å². The number of piperidine rings is 1. The Morgan fingerprint density at radius 1 is 1.50 bits per heavy atom. The maximum absolute atomic E-state index is 12.4. The molecule has 1 aromatic rings. The molecule has 0 bridgehead atoms. The fourth-order valence-corrected chi connectivity index (χ4v) is 3.88. The standard InChI is InChI=1S/C11H14ClN3O4S/c12-9-4-8(5-14-11(9)17)20(18,19)15-3-1-2-7(6-15)10(13)16/h4-5,7H,1-3,6H2,(H2,13,16)(H,14,17). The van der Waals surface area contributed by atoms with E-state index >= 15 is 0 Å². The van der Waals surface area contributed by atoms with E-state index in [4.69, 9.17) is 17.3 Å². The molecule has 110 valence electrons. The van der Waals surface area contributed by atoms with Crippen LogP contribution in [0.25, 0.3) is 0 Å². The van der Waals surface area contributed by atoms with Gasteiger partial charge >= 0.3 is 0 Å². The summed E-state index contributed by atoms with van der Waals surface area (Å²) < 4.78 is 26.0. The minimum atomic E-state index is -3.80. The SMILES string of the molecule is NC(=O)C1CCCN(S(=O)(=O)c2c[nH]c(=O)c(Cl)c2)C1. The summed E-state index contributed by atoms with van der Waals surface area (Å²) in [6, 6.07) is 1.10. The molecule has 7 nitrogen and oxygen atoms in total. The van der Waals surface area contributed by atoms with Crippen molar-refractivity contribution in [3.63, 3.8) is 0 Å². The fraction of sp³-hybridized carbons (Fsp3) is 0.455. The predicted molar refractivity (Wildman–Crippen MR) is 72.7 cm³/mol. The van der Waals surface area contributed by atoms with E-state index in [1.54, 1.807) is 0 Å². The van der Waals surface area contributed by atoms with Gasteiger partial charge in [-0.2, -0.15) is 4.31 Å². The summed E-state index contributed by atoms with van der Waals surface area (Å²) in [5.41, 5.74) is 4.67. The molecule has 2 rings (SSSR count). The van der Waals surface area contributed by atoms with Gasteiger partial charge in [0, 0.05) is 19.3 Å². The number of pyridine rings is 1. The Morgan fingerprint density at radius 3 is 2.80 bits per heavy atom. The first-order valence-electron chi connectivity index (χ1n) is 6.00. The number of primary amides is 1. The molecule has 0 radical (unpaired) electrons. The van der Waals surface area contributed by atoms with E-state index in [-0.39, 0.29) is 16.5 Å². The number of nitrogens with zero attached hydrogens (tertiary/aromatic N) is 1. The highest BCUT2D eigenvalue weighted by molar-refractivity contribution is 7.89. The van der Waals surface area contributed by atoms with Gasteiger partial charge in [-0.1, -0.05) is 11.6 Å². The number of sulfonamides is 1. The number of carbonyl (C=O) groups excluding carboxylic acids is 1.